The van der Waals surface area contributed by atoms with Crippen LogP contribution in [0.5, 0.6) is 0 Å². The van der Waals surface area contributed by atoms with Crippen molar-refractivity contribution in [2.24, 2.45) is 0 Å². The molecule has 0 aliphatic carbocycles. The zero-order chi connectivity index (χ0) is 17.2. The van der Waals surface area contributed by atoms with E-state index in [1.165, 1.54) is 11.3 Å². The number of fused-ring (bicyclic) bond motifs is 1. The number of hydrogen-bond acceptors (Lipinski definition) is 5. The van der Waals surface area contributed by atoms with E-state index < -0.39 is 0 Å². The van der Waals surface area contributed by atoms with Crippen molar-refractivity contribution in [3.8, 4) is 0 Å². The molecule has 0 radical (unpaired) electrons. The zero-order valence-corrected chi connectivity index (χ0v) is 14.6. The number of aryl methyl sites for hydroxylation is 1. The molecule has 4 rings (SSSR count). The first kappa shape index (κ1) is 16.0. The number of aromatic nitrogens is 4. The van der Waals surface area contributed by atoms with Crippen molar-refractivity contribution in [3.63, 3.8) is 0 Å². The Bertz CT molecular complexity index is 863. The van der Waals surface area contributed by atoms with Crippen LogP contribution in [0.1, 0.15) is 37.5 Å². The van der Waals surface area contributed by atoms with E-state index in [1.807, 2.05) is 0 Å². The SMILES string of the molecule is CCc1nc2ccccc2n1C1CCN(Cc2nccc(N)n2)CC1. The van der Waals surface area contributed by atoms with Gasteiger partial charge in [0.05, 0.1) is 17.6 Å². The van der Waals surface area contributed by atoms with Crippen LogP contribution in [0.3, 0.4) is 0 Å². The lowest BCUT2D eigenvalue weighted by molar-refractivity contribution is 0.176. The summed E-state index contributed by atoms with van der Waals surface area (Å²) in [5, 5.41) is 0. The van der Waals surface area contributed by atoms with E-state index in [0.29, 0.717) is 11.9 Å². The molecule has 0 bridgehead atoms. The molecule has 1 aliphatic rings. The molecule has 1 saturated heterocycles. The van der Waals surface area contributed by atoms with Gasteiger partial charge in [-0.25, -0.2) is 15.0 Å². The zero-order valence-electron chi connectivity index (χ0n) is 14.6. The molecule has 6 nitrogen and oxygen atoms in total. The second-order valence-corrected chi connectivity index (χ2v) is 6.65. The molecule has 3 heterocycles. The number of nitrogen functional groups attached to an aromatic ring is 1. The second kappa shape index (κ2) is 6.80. The van der Waals surface area contributed by atoms with Gasteiger partial charge in [0.1, 0.15) is 17.5 Å². The van der Waals surface area contributed by atoms with Crippen LogP contribution in [0.15, 0.2) is 36.5 Å². The molecule has 1 aliphatic heterocycles. The summed E-state index contributed by atoms with van der Waals surface area (Å²) in [5.41, 5.74) is 8.12. The molecule has 1 aromatic carbocycles. The van der Waals surface area contributed by atoms with Gasteiger partial charge in [-0.3, -0.25) is 4.90 Å². The molecule has 130 valence electrons. The number of nitrogens with two attached hydrogens (primary N) is 1. The van der Waals surface area contributed by atoms with Crippen molar-refractivity contribution in [2.45, 2.75) is 38.8 Å². The van der Waals surface area contributed by atoms with Gasteiger partial charge < -0.3 is 10.3 Å². The highest BCUT2D eigenvalue weighted by Gasteiger charge is 2.24. The highest BCUT2D eigenvalue weighted by atomic mass is 15.2. The number of hydrogen-bond donors (Lipinski definition) is 1. The predicted molar refractivity (Wildman–Crippen MR) is 99.1 cm³/mol. The predicted octanol–water partition coefficient (Wildman–Crippen LogP) is 2.81. The number of piperidine rings is 1. The van der Waals surface area contributed by atoms with Gasteiger partial charge in [-0.05, 0) is 31.0 Å². The Balaban J connectivity index is 1.49. The van der Waals surface area contributed by atoms with Crippen LogP contribution >= 0.6 is 0 Å². The normalized spacial score (nSPS) is 16.5. The minimum Gasteiger partial charge on any atom is -0.384 e. The van der Waals surface area contributed by atoms with Crippen molar-refractivity contribution in [3.05, 3.63) is 48.2 Å². The number of likely N-dealkylation sites (tertiary alicyclic amines) is 1. The highest BCUT2D eigenvalue weighted by Crippen LogP contribution is 2.29. The Morgan fingerprint density at radius 1 is 1.12 bits per heavy atom. The first-order valence-corrected chi connectivity index (χ1v) is 9.00. The van der Waals surface area contributed by atoms with E-state index in [2.05, 4.69) is 50.6 Å². The molecule has 0 spiro atoms. The molecule has 0 saturated carbocycles. The third kappa shape index (κ3) is 3.22. The molecular formula is C19H24N6. The van der Waals surface area contributed by atoms with Crippen molar-refractivity contribution < 1.29 is 0 Å². The molecule has 6 heteroatoms. The van der Waals surface area contributed by atoms with Gasteiger partial charge in [0.2, 0.25) is 0 Å². The summed E-state index contributed by atoms with van der Waals surface area (Å²) in [6.45, 7) is 5.03. The Hall–Kier alpha value is -2.47. The standard InChI is InChI=1S/C19H24N6/c1-2-19-22-15-5-3-4-6-16(15)25(19)14-8-11-24(12-9-14)13-18-21-10-7-17(20)23-18/h3-7,10,14H,2,8-9,11-13H2,1H3,(H2,20,21,23). The van der Waals surface area contributed by atoms with E-state index in [0.717, 1.165) is 50.2 Å². The maximum Gasteiger partial charge on any atom is 0.144 e. The third-order valence-corrected chi connectivity index (χ3v) is 5.00. The summed E-state index contributed by atoms with van der Waals surface area (Å²) < 4.78 is 2.46. The van der Waals surface area contributed by atoms with Crippen LogP contribution in [0.25, 0.3) is 11.0 Å². The molecule has 25 heavy (non-hydrogen) atoms. The molecular weight excluding hydrogens is 312 g/mol. The first-order chi connectivity index (χ1) is 12.2. The summed E-state index contributed by atoms with van der Waals surface area (Å²) in [5.74, 6) is 2.54. The fraction of sp³-hybridized carbons (Fsp3) is 0.421. The quantitative estimate of drug-likeness (QED) is 0.793. The molecule has 0 unspecified atom stereocenters. The van der Waals surface area contributed by atoms with E-state index in [4.69, 9.17) is 10.7 Å². The smallest absolute Gasteiger partial charge is 0.144 e. The van der Waals surface area contributed by atoms with E-state index >= 15 is 0 Å². The number of anilines is 1. The monoisotopic (exact) mass is 336 g/mol. The Morgan fingerprint density at radius 3 is 2.68 bits per heavy atom. The van der Waals surface area contributed by atoms with Gasteiger partial charge in [-0.15, -0.1) is 0 Å². The van der Waals surface area contributed by atoms with Crippen molar-refractivity contribution in [2.75, 3.05) is 18.8 Å². The number of benzene rings is 1. The maximum absolute atomic E-state index is 5.75. The van der Waals surface area contributed by atoms with Crippen LogP contribution in [-0.4, -0.2) is 37.5 Å². The maximum atomic E-state index is 5.75. The van der Waals surface area contributed by atoms with Crippen molar-refractivity contribution in [1.29, 1.82) is 0 Å². The Kier molecular flexibility index (Phi) is 4.36. The van der Waals surface area contributed by atoms with Gasteiger partial charge in [-0.2, -0.15) is 0 Å². The van der Waals surface area contributed by atoms with Crippen LogP contribution in [-0.2, 0) is 13.0 Å². The minimum absolute atomic E-state index is 0.514. The van der Waals surface area contributed by atoms with Crippen molar-refractivity contribution in [1.82, 2.24) is 24.4 Å². The summed E-state index contributed by atoms with van der Waals surface area (Å²) >= 11 is 0. The van der Waals surface area contributed by atoms with E-state index in [1.54, 1.807) is 12.3 Å². The summed E-state index contributed by atoms with van der Waals surface area (Å²) in [6, 6.07) is 10.7. The fourth-order valence-electron chi connectivity index (χ4n) is 3.78. The summed E-state index contributed by atoms with van der Waals surface area (Å²) in [6.07, 6.45) is 4.94. The van der Waals surface area contributed by atoms with Gasteiger partial charge in [0.25, 0.3) is 0 Å². The lowest BCUT2D eigenvalue weighted by atomic mass is 10.0. The molecule has 0 atom stereocenters. The van der Waals surface area contributed by atoms with Crippen LogP contribution in [0.2, 0.25) is 0 Å². The largest absolute Gasteiger partial charge is 0.384 e. The number of para-hydroxylation sites is 2. The molecule has 2 aromatic heterocycles. The molecule has 1 fully saturated rings. The van der Waals surface area contributed by atoms with Crippen LogP contribution < -0.4 is 5.73 Å². The first-order valence-electron chi connectivity index (χ1n) is 9.00. The van der Waals surface area contributed by atoms with Gasteiger partial charge in [0.15, 0.2) is 0 Å². The third-order valence-electron chi connectivity index (χ3n) is 5.00. The van der Waals surface area contributed by atoms with Gasteiger partial charge in [0, 0.05) is 31.7 Å². The van der Waals surface area contributed by atoms with E-state index in [9.17, 15) is 0 Å². The van der Waals surface area contributed by atoms with Gasteiger partial charge >= 0.3 is 0 Å². The summed E-state index contributed by atoms with van der Waals surface area (Å²) in [7, 11) is 0. The molecule has 3 aromatic rings. The highest BCUT2D eigenvalue weighted by molar-refractivity contribution is 5.76. The number of imidazole rings is 1. The lowest BCUT2D eigenvalue weighted by Gasteiger charge is -2.33. The average Bonchev–Trinajstić information content (AvgIpc) is 3.01. The molecule has 2 N–H and O–H groups in total. The fourth-order valence-corrected chi connectivity index (χ4v) is 3.78. The molecule has 0 amide bonds. The number of rotatable bonds is 4. The van der Waals surface area contributed by atoms with E-state index in [-0.39, 0.29) is 0 Å². The van der Waals surface area contributed by atoms with Crippen LogP contribution in [0, 0.1) is 0 Å². The van der Waals surface area contributed by atoms with Crippen LogP contribution in [0.4, 0.5) is 5.82 Å². The average molecular weight is 336 g/mol. The Morgan fingerprint density at radius 2 is 1.92 bits per heavy atom. The number of nitrogens with zero attached hydrogens (tertiary/aromatic N) is 5. The Labute approximate surface area is 147 Å². The minimum atomic E-state index is 0.514. The van der Waals surface area contributed by atoms with Gasteiger partial charge in [-0.1, -0.05) is 19.1 Å². The second-order valence-electron chi connectivity index (χ2n) is 6.65. The topological polar surface area (TPSA) is 72.9 Å². The lowest BCUT2D eigenvalue weighted by Crippen LogP contribution is -2.35. The van der Waals surface area contributed by atoms with Crippen molar-refractivity contribution >= 4 is 16.9 Å². The summed E-state index contributed by atoms with van der Waals surface area (Å²) in [4.78, 5) is 15.9.